The number of anilines is 1. The molecule has 2 aromatic carbocycles. The van der Waals surface area contributed by atoms with Gasteiger partial charge >= 0.3 is 5.97 Å². The van der Waals surface area contributed by atoms with E-state index in [1.54, 1.807) is 24.3 Å². The second-order valence-electron chi connectivity index (χ2n) is 6.99. The molecule has 0 spiro atoms. The number of rotatable bonds is 9. The molecule has 1 heterocycles. The Morgan fingerprint density at radius 1 is 1.22 bits per heavy atom. The van der Waals surface area contributed by atoms with Crippen molar-refractivity contribution < 1.29 is 32.2 Å². The van der Waals surface area contributed by atoms with Crippen LogP contribution in [0.2, 0.25) is 5.02 Å². The maximum atomic E-state index is 12.6. The van der Waals surface area contributed by atoms with Crippen LogP contribution in [0.1, 0.15) is 23.2 Å². The van der Waals surface area contributed by atoms with E-state index in [9.17, 15) is 18.0 Å². The Labute approximate surface area is 191 Å². The van der Waals surface area contributed by atoms with Crippen LogP contribution >= 0.6 is 11.6 Å². The first-order chi connectivity index (χ1) is 15.3. The Kier molecular flexibility index (Phi) is 8.08. The molecule has 1 atom stereocenters. The zero-order valence-electron chi connectivity index (χ0n) is 17.3. The van der Waals surface area contributed by atoms with E-state index in [4.69, 9.17) is 25.8 Å². The third-order valence-corrected chi connectivity index (χ3v) is 6.57. The van der Waals surface area contributed by atoms with E-state index in [1.165, 1.54) is 19.2 Å². The molecule has 0 unspecified atom stereocenters. The summed E-state index contributed by atoms with van der Waals surface area (Å²) in [6.07, 6.45) is 1.44. The van der Waals surface area contributed by atoms with E-state index in [0.29, 0.717) is 18.0 Å². The first-order valence-electron chi connectivity index (χ1n) is 9.80. The second-order valence-corrected chi connectivity index (χ2v) is 9.13. The Bertz CT molecular complexity index is 1090. The zero-order valence-corrected chi connectivity index (χ0v) is 18.9. The van der Waals surface area contributed by atoms with Gasteiger partial charge in [0.15, 0.2) is 6.61 Å². The molecule has 1 aliphatic rings. The van der Waals surface area contributed by atoms with E-state index >= 15 is 0 Å². The summed E-state index contributed by atoms with van der Waals surface area (Å²) in [6.45, 7) is 0.148. The summed E-state index contributed by atoms with van der Waals surface area (Å²) in [5.41, 5.74) is 0.420. The third kappa shape index (κ3) is 6.42. The number of benzene rings is 2. The minimum absolute atomic E-state index is 0.0443. The molecule has 1 aliphatic heterocycles. The van der Waals surface area contributed by atoms with Gasteiger partial charge < -0.3 is 19.5 Å². The first-order valence-corrected chi connectivity index (χ1v) is 11.7. The molecule has 2 aromatic rings. The van der Waals surface area contributed by atoms with Gasteiger partial charge in [0, 0.05) is 24.9 Å². The van der Waals surface area contributed by atoms with Gasteiger partial charge in [0.1, 0.15) is 10.6 Å². The molecule has 11 heteroatoms. The number of methoxy groups -OCH3 is 1. The number of hydrogen-bond acceptors (Lipinski definition) is 7. The number of esters is 1. The molecule has 0 aromatic heterocycles. The quantitative estimate of drug-likeness (QED) is 0.527. The molecule has 9 nitrogen and oxygen atoms in total. The average Bonchev–Trinajstić information content (AvgIpc) is 3.30. The summed E-state index contributed by atoms with van der Waals surface area (Å²) < 4.78 is 43.2. The predicted octanol–water partition coefficient (Wildman–Crippen LogP) is 2.60. The van der Waals surface area contributed by atoms with E-state index in [0.717, 1.165) is 18.9 Å². The number of nitrogens with one attached hydrogen (secondary N) is 2. The van der Waals surface area contributed by atoms with Gasteiger partial charge in [0.2, 0.25) is 10.0 Å². The van der Waals surface area contributed by atoms with E-state index in [2.05, 4.69) is 10.0 Å². The summed E-state index contributed by atoms with van der Waals surface area (Å²) in [4.78, 5) is 24.2. The van der Waals surface area contributed by atoms with Gasteiger partial charge in [-0.05, 0) is 43.2 Å². The Balaban J connectivity index is 1.60. The third-order valence-electron chi connectivity index (χ3n) is 4.67. The molecule has 0 aliphatic carbocycles. The van der Waals surface area contributed by atoms with Gasteiger partial charge in [-0.25, -0.2) is 17.9 Å². The summed E-state index contributed by atoms with van der Waals surface area (Å²) >= 11 is 6.05. The first kappa shape index (κ1) is 24.0. The summed E-state index contributed by atoms with van der Waals surface area (Å²) in [5, 5.41) is 2.53. The number of hydrogen-bond donors (Lipinski definition) is 2. The molecule has 1 fully saturated rings. The normalized spacial score (nSPS) is 15.9. The smallest absolute Gasteiger partial charge is 0.338 e. The van der Waals surface area contributed by atoms with Crippen molar-refractivity contribution in [1.29, 1.82) is 0 Å². The minimum atomic E-state index is -3.97. The Morgan fingerprint density at radius 3 is 2.75 bits per heavy atom. The highest BCUT2D eigenvalue weighted by Crippen LogP contribution is 2.24. The van der Waals surface area contributed by atoms with Crippen molar-refractivity contribution in [1.82, 2.24) is 4.72 Å². The van der Waals surface area contributed by atoms with Gasteiger partial charge in [-0.15, -0.1) is 0 Å². The van der Waals surface area contributed by atoms with Crippen LogP contribution in [-0.2, 0) is 24.3 Å². The molecule has 0 bridgehead atoms. The van der Waals surface area contributed by atoms with Gasteiger partial charge in [-0.1, -0.05) is 17.7 Å². The number of carbonyl (C=O) groups is 2. The molecule has 172 valence electrons. The molecule has 0 radical (unpaired) electrons. The zero-order chi connectivity index (χ0) is 23.1. The van der Waals surface area contributed by atoms with E-state index in [1.807, 2.05) is 0 Å². The minimum Gasteiger partial charge on any atom is -0.497 e. The number of ether oxygens (including phenoxy) is 3. The molecular weight excluding hydrogens is 460 g/mol. The van der Waals surface area contributed by atoms with Crippen LogP contribution in [-0.4, -0.2) is 53.3 Å². The van der Waals surface area contributed by atoms with Crippen LogP contribution < -0.4 is 14.8 Å². The number of sulfonamides is 1. The van der Waals surface area contributed by atoms with Crippen molar-refractivity contribution in [3.8, 4) is 5.75 Å². The van der Waals surface area contributed by atoms with Crippen molar-refractivity contribution in [2.24, 2.45) is 0 Å². The molecule has 2 N–H and O–H groups in total. The SMILES string of the molecule is COc1cccc(NC(=O)COC(=O)c2ccc(Cl)c(S(=O)(=O)NC[C@H]3CCCO3)c2)c1. The van der Waals surface area contributed by atoms with Gasteiger partial charge in [0.05, 0.1) is 23.8 Å². The Hall–Kier alpha value is -2.66. The number of amides is 1. The van der Waals surface area contributed by atoms with Crippen LogP contribution in [0.5, 0.6) is 5.75 Å². The molecular formula is C21H23ClN2O7S. The van der Waals surface area contributed by atoms with Crippen LogP contribution in [0.3, 0.4) is 0 Å². The second kappa shape index (κ2) is 10.8. The summed E-state index contributed by atoms with van der Waals surface area (Å²) in [5.74, 6) is -0.868. The number of halogens is 1. The van der Waals surface area contributed by atoms with Crippen molar-refractivity contribution >= 4 is 39.2 Å². The highest BCUT2D eigenvalue weighted by Gasteiger charge is 2.24. The van der Waals surface area contributed by atoms with Gasteiger partial charge in [-0.3, -0.25) is 4.79 Å². The highest BCUT2D eigenvalue weighted by atomic mass is 35.5. The summed E-state index contributed by atoms with van der Waals surface area (Å²) in [7, 11) is -2.47. The fourth-order valence-electron chi connectivity index (χ4n) is 3.03. The van der Waals surface area contributed by atoms with Crippen LogP contribution in [0.4, 0.5) is 5.69 Å². The molecule has 3 rings (SSSR count). The van der Waals surface area contributed by atoms with Crippen molar-refractivity contribution in [2.45, 2.75) is 23.8 Å². The van der Waals surface area contributed by atoms with Crippen LogP contribution in [0, 0.1) is 0 Å². The molecule has 32 heavy (non-hydrogen) atoms. The lowest BCUT2D eigenvalue weighted by molar-refractivity contribution is -0.119. The van der Waals surface area contributed by atoms with E-state index in [-0.39, 0.29) is 28.1 Å². The Morgan fingerprint density at radius 2 is 2.03 bits per heavy atom. The fraction of sp³-hybridized carbons (Fsp3) is 0.333. The average molecular weight is 483 g/mol. The van der Waals surface area contributed by atoms with Crippen molar-refractivity contribution in [3.05, 3.63) is 53.1 Å². The van der Waals surface area contributed by atoms with Crippen molar-refractivity contribution in [3.63, 3.8) is 0 Å². The molecule has 1 saturated heterocycles. The van der Waals surface area contributed by atoms with Gasteiger partial charge in [-0.2, -0.15) is 0 Å². The van der Waals surface area contributed by atoms with Crippen LogP contribution in [0.15, 0.2) is 47.4 Å². The lowest BCUT2D eigenvalue weighted by atomic mass is 10.2. The number of carbonyl (C=O) groups excluding carboxylic acids is 2. The van der Waals surface area contributed by atoms with Crippen molar-refractivity contribution in [2.75, 3.05) is 32.2 Å². The standard InChI is InChI=1S/C21H23ClN2O7S/c1-29-16-5-2-4-15(11-16)24-20(25)13-31-21(26)14-7-8-18(22)19(10-14)32(27,28)23-12-17-6-3-9-30-17/h2,4-5,7-8,10-11,17,23H,3,6,9,12-13H2,1H3,(H,24,25)/t17-/m1/s1. The maximum absolute atomic E-state index is 12.6. The predicted molar refractivity (Wildman–Crippen MR) is 118 cm³/mol. The maximum Gasteiger partial charge on any atom is 0.338 e. The van der Waals surface area contributed by atoms with Gasteiger partial charge in [0.25, 0.3) is 5.91 Å². The fourth-order valence-corrected chi connectivity index (χ4v) is 4.62. The monoisotopic (exact) mass is 482 g/mol. The summed E-state index contributed by atoms with van der Waals surface area (Å²) in [6, 6.07) is 10.4. The lowest BCUT2D eigenvalue weighted by Gasteiger charge is -2.13. The van der Waals surface area contributed by atoms with E-state index < -0.39 is 28.5 Å². The van der Waals surface area contributed by atoms with Crippen LogP contribution in [0.25, 0.3) is 0 Å². The highest BCUT2D eigenvalue weighted by molar-refractivity contribution is 7.89. The molecule has 0 saturated carbocycles. The lowest BCUT2D eigenvalue weighted by Crippen LogP contribution is -2.32. The topological polar surface area (TPSA) is 120 Å². The molecule has 1 amide bonds. The largest absolute Gasteiger partial charge is 0.497 e.